The second kappa shape index (κ2) is 6.43. The summed E-state index contributed by atoms with van der Waals surface area (Å²) in [5.74, 6) is 0.422. The zero-order chi connectivity index (χ0) is 17.3. The summed E-state index contributed by atoms with van der Waals surface area (Å²) >= 11 is 0. The molecule has 0 radical (unpaired) electrons. The summed E-state index contributed by atoms with van der Waals surface area (Å²) in [5.41, 5.74) is 2.48. The van der Waals surface area contributed by atoms with Crippen LogP contribution in [-0.4, -0.2) is 37.9 Å². The number of amides is 1. The lowest BCUT2D eigenvalue weighted by molar-refractivity contribution is 0.0733. The molecule has 0 unspecified atom stereocenters. The summed E-state index contributed by atoms with van der Waals surface area (Å²) in [5, 5.41) is 3.10. The van der Waals surface area contributed by atoms with Gasteiger partial charge >= 0.3 is 0 Å². The fourth-order valence-corrected chi connectivity index (χ4v) is 2.77. The van der Waals surface area contributed by atoms with Gasteiger partial charge in [-0.1, -0.05) is 0 Å². The monoisotopic (exact) mass is 327 g/mol. The minimum Gasteiger partial charge on any atom is -0.352 e. The number of aryl methyl sites for hydroxylation is 1. The minimum absolute atomic E-state index is 0.0184. The Morgan fingerprint density at radius 1 is 1.25 bits per heavy atom. The molecule has 2 aromatic heterocycles. The third kappa shape index (κ3) is 3.29. The number of pyridine rings is 1. The highest BCUT2D eigenvalue weighted by atomic mass is 16.2. The van der Waals surface area contributed by atoms with Crippen LogP contribution in [-0.2, 0) is 20.0 Å². The largest absolute Gasteiger partial charge is 0.352 e. The van der Waals surface area contributed by atoms with E-state index in [9.17, 15) is 9.59 Å². The maximum absolute atomic E-state index is 12.7. The molecule has 7 nitrogen and oxygen atoms in total. The van der Waals surface area contributed by atoms with Crippen LogP contribution >= 0.6 is 0 Å². The van der Waals surface area contributed by atoms with Crippen molar-refractivity contribution >= 4 is 11.9 Å². The van der Waals surface area contributed by atoms with Gasteiger partial charge in [-0.3, -0.25) is 9.59 Å². The molecule has 3 heterocycles. The highest BCUT2D eigenvalue weighted by Crippen LogP contribution is 2.19. The van der Waals surface area contributed by atoms with Gasteiger partial charge in [0, 0.05) is 50.8 Å². The number of hydrogen-bond donors (Lipinski definition) is 1. The molecule has 0 aliphatic carbocycles. The van der Waals surface area contributed by atoms with Crippen molar-refractivity contribution in [3.05, 3.63) is 51.7 Å². The highest BCUT2D eigenvalue weighted by molar-refractivity contribution is 5.93. The summed E-state index contributed by atoms with van der Waals surface area (Å²) in [6.07, 6.45) is 5.60. The Hall–Kier alpha value is -2.70. The van der Waals surface area contributed by atoms with Gasteiger partial charge in [0.25, 0.3) is 11.5 Å². The maximum atomic E-state index is 12.7. The molecule has 7 heteroatoms. The molecule has 0 spiro atoms. The first kappa shape index (κ1) is 16.2. The number of carbonyl (C=O) groups excluding carboxylic acids is 1. The number of nitrogens with zero attached hydrogens (tertiary/aromatic N) is 4. The highest BCUT2D eigenvalue weighted by Gasteiger charge is 2.23. The number of anilines is 1. The van der Waals surface area contributed by atoms with Crippen molar-refractivity contribution in [2.24, 2.45) is 7.05 Å². The summed E-state index contributed by atoms with van der Waals surface area (Å²) in [6, 6.07) is 1.89. The molecular formula is C17H21N5O2. The van der Waals surface area contributed by atoms with Gasteiger partial charge in [-0.2, -0.15) is 0 Å². The van der Waals surface area contributed by atoms with Gasteiger partial charge in [0.15, 0.2) is 0 Å². The van der Waals surface area contributed by atoms with Gasteiger partial charge in [-0.15, -0.1) is 0 Å². The van der Waals surface area contributed by atoms with Crippen LogP contribution in [0.25, 0.3) is 0 Å². The molecule has 2 aromatic rings. The Bertz CT molecular complexity index is 811. The molecule has 0 fully saturated rings. The molecule has 0 saturated heterocycles. The van der Waals surface area contributed by atoms with Crippen LogP contribution in [0.5, 0.6) is 0 Å². The van der Waals surface area contributed by atoms with Gasteiger partial charge in [-0.05, 0) is 31.4 Å². The number of fused-ring (bicyclic) bond motifs is 1. The number of nitrogens with one attached hydrogen (secondary N) is 1. The molecular weight excluding hydrogens is 306 g/mol. The Kier molecular flexibility index (Phi) is 4.33. The van der Waals surface area contributed by atoms with E-state index in [4.69, 9.17) is 0 Å². The molecule has 0 aromatic carbocycles. The van der Waals surface area contributed by atoms with Crippen molar-refractivity contribution in [2.45, 2.75) is 32.9 Å². The Morgan fingerprint density at radius 2 is 1.96 bits per heavy atom. The predicted octanol–water partition coefficient (Wildman–Crippen LogP) is 1.19. The van der Waals surface area contributed by atoms with Crippen molar-refractivity contribution in [1.29, 1.82) is 0 Å². The summed E-state index contributed by atoms with van der Waals surface area (Å²) < 4.78 is 1.54. The normalized spacial score (nSPS) is 13.8. The lowest BCUT2D eigenvalue weighted by atomic mass is 10.0. The lowest BCUT2D eigenvalue weighted by Crippen LogP contribution is -2.37. The van der Waals surface area contributed by atoms with Crippen molar-refractivity contribution in [2.75, 3.05) is 11.9 Å². The van der Waals surface area contributed by atoms with E-state index in [0.29, 0.717) is 31.0 Å². The van der Waals surface area contributed by atoms with E-state index in [1.807, 2.05) is 20.0 Å². The zero-order valence-electron chi connectivity index (χ0n) is 14.1. The first-order chi connectivity index (χ1) is 11.4. The molecule has 1 N–H and O–H groups in total. The van der Waals surface area contributed by atoms with Crippen LogP contribution in [0, 0.1) is 0 Å². The molecule has 3 rings (SSSR count). The summed E-state index contributed by atoms with van der Waals surface area (Å²) in [7, 11) is 1.72. The van der Waals surface area contributed by atoms with E-state index in [2.05, 4.69) is 15.3 Å². The van der Waals surface area contributed by atoms with E-state index in [1.165, 1.54) is 0 Å². The smallest absolute Gasteiger partial charge is 0.257 e. The van der Waals surface area contributed by atoms with Gasteiger partial charge in [0.1, 0.15) is 0 Å². The average Bonchev–Trinajstić information content (AvgIpc) is 2.55. The third-order valence-corrected chi connectivity index (χ3v) is 4.02. The second-order valence-corrected chi connectivity index (χ2v) is 6.34. The number of aromatic nitrogens is 3. The van der Waals surface area contributed by atoms with Gasteiger partial charge in [-0.25, -0.2) is 9.97 Å². The molecule has 1 aliphatic rings. The summed E-state index contributed by atoms with van der Waals surface area (Å²) in [6.45, 7) is 5.08. The Morgan fingerprint density at radius 3 is 2.62 bits per heavy atom. The van der Waals surface area contributed by atoms with Crippen molar-refractivity contribution < 1.29 is 4.79 Å². The molecule has 126 valence electrons. The van der Waals surface area contributed by atoms with E-state index < -0.39 is 0 Å². The fraction of sp³-hybridized carbons (Fsp3) is 0.412. The molecule has 0 bridgehead atoms. The quantitative estimate of drug-likeness (QED) is 0.916. The molecule has 1 aliphatic heterocycles. The van der Waals surface area contributed by atoms with Gasteiger partial charge in [0.05, 0.1) is 5.56 Å². The van der Waals surface area contributed by atoms with Crippen LogP contribution in [0.3, 0.4) is 0 Å². The summed E-state index contributed by atoms with van der Waals surface area (Å²) in [4.78, 5) is 34.5. The predicted molar refractivity (Wildman–Crippen MR) is 90.9 cm³/mol. The topological polar surface area (TPSA) is 80.1 Å². The molecule has 0 saturated carbocycles. The number of carbonyl (C=O) groups is 1. The SMILES string of the molecule is CC(C)Nc1ncc(C(=O)N2CCc3cc(=O)n(C)cc3C2)cn1. The van der Waals surface area contributed by atoms with E-state index in [0.717, 1.165) is 11.1 Å². The van der Waals surface area contributed by atoms with Crippen molar-refractivity contribution in [1.82, 2.24) is 19.4 Å². The Balaban J connectivity index is 1.76. The van der Waals surface area contributed by atoms with Crippen molar-refractivity contribution in [3.8, 4) is 0 Å². The third-order valence-electron chi connectivity index (χ3n) is 4.02. The van der Waals surface area contributed by atoms with E-state index >= 15 is 0 Å². The first-order valence-electron chi connectivity index (χ1n) is 8.00. The minimum atomic E-state index is -0.0920. The van der Waals surface area contributed by atoms with E-state index in [-0.39, 0.29) is 17.5 Å². The lowest BCUT2D eigenvalue weighted by Gasteiger charge is -2.29. The average molecular weight is 327 g/mol. The Labute approximate surface area is 140 Å². The molecule has 24 heavy (non-hydrogen) atoms. The van der Waals surface area contributed by atoms with Crippen LogP contribution < -0.4 is 10.9 Å². The fourth-order valence-electron chi connectivity index (χ4n) is 2.77. The van der Waals surface area contributed by atoms with Gasteiger partial charge < -0.3 is 14.8 Å². The first-order valence-corrected chi connectivity index (χ1v) is 8.00. The molecule has 0 atom stereocenters. The standard InChI is InChI=1S/C17H21N5O2/c1-11(2)20-17-18-7-13(8-19-17)16(24)22-5-4-12-6-15(23)21(3)9-14(12)10-22/h6-9,11H,4-5,10H2,1-3H3,(H,18,19,20). The molecule has 1 amide bonds. The second-order valence-electron chi connectivity index (χ2n) is 6.34. The number of rotatable bonds is 3. The number of hydrogen-bond acceptors (Lipinski definition) is 5. The van der Waals surface area contributed by atoms with Gasteiger partial charge in [0.2, 0.25) is 5.95 Å². The van der Waals surface area contributed by atoms with Crippen LogP contribution in [0.2, 0.25) is 0 Å². The van der Waals surface area contributed by atoms with Crippen LogP contribution in [0.15, 0.2) is 29.5 Å². The van der Waals surface area contributed by atoms with Crippen LogP contribution in [0.4, 0.5) is 5.95 Å². The van der Waals surface area contributed by atoms with Crippen molar-refractivity contribution in [3.63, 3.8) is 0 Å². The maximum Gasteiger partial charge on any atom is 0.257 e. The van der Waals surface area contributed by atoms with E-state index in [1.54, 1.807) is 35.0 Å². The zero-order valence-corrected chi connectivity index (χ0v) is 14.1. The van der Waals surface area contributed by atoms with Crippen LogP contribution in [0.1, 0.15) is 35.3 Å².